The maximum absolute atomic E-state index is 10.8. The van der Waals surface area contributed by atoms with Gasteiger partial charge in [0.15, 0.2) is 0 Å². The Kier molecular flexibility index (Phi) is 11.0. The average molecular weight is 550 g/mol. The number of hydrogen-bond donors (Lipinski definition) is 2. The molecule has 0 bridgehead atoms. The van der Waals surface area contributed by atoms with Gasteiger partial charge in [-0.15, -0.1) is 6.04 Å². The first kappa shape index (κ1) is 25.7. The molecule has 0 aliphatic carbocycles. The predicted octanol–water partition coefficient (Wildman–Crippen LogP) is 4.81. The van der Waals surface area contributed by atoms with Crippen molar-refractivity contribution in [2.75, 3.05) is 0 Å². The van der Waals surface area contributed by atoms with Crippen molar-refractivity contribution in [3.8, 4) is 0 Å². The number of aliphatic hydroxyl groups excluding tert-OH is 1. The first-order valence-electron chi connectivity index (χ1n) is 8.71. The predicted molar refractivity (Wildman–Crippen MR) is 112 cm³/mol. The quantitative estimate of drug-likeness (QED) is 0.263. The van der Waals surface area contributed by atoms with Crippen LogP contribution in [0.3, 0.4) is 0 Å². The number of aliphatic hydroxyl groups is 1. The molecule has 4 nitrogen and oxygen atoms in total. The normalized spacial score (nSPS) is 13.8. The van der Waals surface area contributed by atoms with Gasteiger partial charge >= 0.3 is 21.1 Å². The summed E-state index contributed by atoms with van der Waals surface area (Å²) >= 11 is 0. The summed E-state index contributed by atoms with van der Waals surface area (Å²) in [7, 11) is 0. The van der Waals surface area contributed by atoms with Crippen LogP contribution in [0.1, 0.15) is 38.5 Å². The zero-order valence-electron chi connectivity index (χ0n) is 16.1. The fraction of sp³-hybridized carbons (Fsp3) is 0.318. The molecule has 3 aromatic carbocycles. The molecule has 0 radical (unpaired) electrons. The summed E-state index contributed by atoms with van der Waals surface area (Å²) in [5.74, 6) is 0. The Morgan fingerprint density at radius 3 is 2.22 bits per heavy atom. The van der Waals surface area contributed by atoms with Gasteiger partial charge in [-0.05, 0) is 34.0 Å². The molecular weight excluding hydrogens is 519 g/mol. The number of fused-ring (bicyclic) bond motifs is 3. The van der Waals surface area contributed by atoms with E-state index in [4.69, 9.17) is 5.73 Å². The van der Waals surface area contributed by atoms with Crippen molar-refractivity contribution >= 4 is 21.5 Å². The molecule has 27 heavy (non-hydrogen) atoms. The molecule has 3 rings (SSSR count). The summed E-state index contributed by atoms with van der Waals surface area (Å²) in [6, 6.07) is 18.3. The Morgan fingerprint density at radius 1 is 0.926 bits per heavy atom. The fourth-order valence-electron chi connectivity index (χ4n) is 3.41. The van der Waals surface area contributed by atoms with Gasteiger partial charge in [-0.25, -0.2) is 0 Å². The fourth-order valence-corrected chi connectivity index (χ4v) is 3.41. The number of rotatable bonds is 6. The second-order valence-corrected chi connectivity index (χ2v) is 6.33. The van der Waals surface area contributed by atoms with Crippen LogP contribution in [0.25, 0.3) is 27.3 Å². The van der Waals surface area contributed by atoms with Crippen molar-refractivity contribution in [1.29, 1.82) is 0 Å². The van der Waals surface area contributed by atoms with Crippen LogP contribution in [0.15, 0.2) is 54.6 Å². The number of hydrogen-bond acceptors (Lipinski definition) is 2. The van der Waals surface area contributed by atoms with E-state index in [2.05, 4.69) is 42.6 Å². The van der Waals surface area contributed by atoms with Crippen LogP contribution < -0.4 is 5.32 Å². The van der Waals surface area contributed by atoms with Crippen LogP contribution in [0.5, 0.6) is 0 Å². The summed E-state index contributed by atoms with van der Waals surface area (Å²) in [6.07, 6.45) is 0.824. The van der Waals surface area contributed by atoms with E-state index in [1.54, 1.807) is 0 Å². The Bertz CT molecular complexity index is 841. The first-order valence-corrected chi connectivity index (χ1v) is 8.71. The smallest absolute Gasteiger partial charge is 0.673 e. The van der Waals surface area contributed by atoms with Gasteiger partial charge in [-0.1, -0.05) is 74.9 Å². The van der Waals surface area contributed by atoms with E-state index in [1.165, 1.54) is 5.39 Å². The molecular formula is C22H30N2O2Pt. The molecule has 5 heteroatoms. The standard InChI is InChI=1S/C21H25N2O.CH3.H2O.Pt/c1-3-18(22)19(4-2)23-21(24)17-11-7-9-15-13-12-14-8-5-6-10-16(14)20(15)17;;;/h5-13,18-19,21-24H,3-4H2,1-2H3;1H3;1H2;/q2*-1;;+2. The third-order valence-corrected chi connectivity index (χ3v) is 4.83. The van der Waals surface area contributed by atoms with Crippen molar-refractivity contribution in [3.05, 3.63) is 73.3 Å². The molecule has 0 aliphatic heterocycles. The van der Waals surface area contributed by atoms with Crippen LogP contribution in [0.4, 0.5) is 0 Å². The zero-order chi connectivity index (χ0) is 17.1. The Labute approximate surface area is 176 Å². The van der Waals surface area contributed by atoms with Crippen LogP contribution in [-0.2, 0) is 21.1 Å². The molecule has 0 fully saturated rings. The van der Waals surface area contributed by atoms with E-state index in [0.29, 0.717) is 0 Å². The molecule has 5 N–H and O–H groups in total. The summed E-state index contributed by atoms with van der Waals surface area (Å²) < 4.78 is 0. The van der Waals surface area contributed by atoms with Crippen molar-refractivity contribution in [3.63, 3.8) is 0 Å². The summed E-state index contributed by atoms with van der Waals surface area (Å²) in [5.41, 5.74) is 9.03. The monoisotopic (exact) mass is 549 g/mol. The molecule has 150 valence electrons. The zero-order valence-corrected chi connectivity index (χ0v) is 18.4. The molecule has 0 spiro atoms. The van der Waals surface area contributed by atoms with E-state index in [1.807, 2.05) is 31.2 Å². The summed E-state index contributed by atoms with van der Waals surface area (Å²) in [6.45, 7) is 4.07. The maximum Gasteiger partial charge on any atom is 2.00 e. The van der Waals surface area contributed by atoms with Gasteiger partial charge in [0.25, 0.3) is 0 Å². The van der Waals surface area contributed by atoms with Gasteiger partial charge in [0.2, 0.25) is 0 Å². The van der Waals surface area contributed by atoms with Crippen LogP contribution >= 0.6 is 0 Å². The number of benzene rings is 3. The van der Waals surface area contributed by atoms with E-state index in [-0.39, 0.29) is 46.1 Å². The average Bonchev–Trinajstić information content (AvgIpc) is 2.64. The van der Waals surface area contributed by atoms with Gasteiger partial charge in [0.1, 0.15) is 6.23 Å². The van der Waals surface area contributed by atoms with E-state index in [9.17, 15) is 5.11 Å². The molecule has 0 aliphatic rings. The van der Waals surface area contributed by atoms with Crippen LogP contribution in [0, 0.1) is 7.43 Å². The molecule has 0 saturated carbocycles. The molecule has 3 unspecified atom stereocenters. The molecule has 0 heterocycles. The SMILES string of the molecule is CCC([NH-])C(CC)NC(O)c1cccc2ccc3ccccc3c12.O.[CH3-].[Pt+2]. The molecule has 0 amide bonds. The Balaban J connectivity index is 0.00000225. The van der Waals surface area contributed by atoms with Crippen molar-refractivity contribution in [2.24, 2.45) is 0 Å². The third-order valence-electron chi connectivity index (χ3n) is 4.83. The maximum atomic E-state index is 10.8. The molecule has 0 aromatic heterocycles. The number of nitrogens with one attached hydrogen (secondary N) is 2. The van der Waals surface area contributed by atoms with Gasteiger partial charge in [0, 0.05) is 5.56 Å². The first-order chi connectivity index (χ1) is 11.7. The molecule has 3 aromatic rings. The van der Waals surface area contributed by atoms with Crippen LogP contribution in [0.2, 0.25) is 0 Å². The van der Waals surface area contributed by atoms with Crippen molar-refractivity contribution in [2.45, 2.75) is 45.0 Å². The van der Waals surface area contributed by atoms with Crippen LogP contribution in [-0.4, -0.2) is 22.7 Å². The summed E-state index contributed by atoms with van der Waals surface area (Å²) in [4.78, 5) is 0. The van der Waals surface area contributed by atoms with Gasteiger partial charge < -0.3 is 23.7 Å². The minimum absolute atomic E-state index is 0. The van der Waals surface area contributed by atoms with E-state index >= 15 is 0 Å². The minimum Gasteiger partial charge on any atom is -0.673 e. The second-order valence-electron chi connectivity index (χ2n) is 6.33. The Morgan fingerprint density at radius 2 is 1.56 bits per heavy atom. The van der Waals surface area contributed by atoms with Gasteiger partial charge in [0.05, 0.1) is 0 Å². The topological polar surface area (TPSA) is 87.6 Å². The second kappa shape index (κ2) is 11.5. The van der Waals surface area contributed by atoms with Gasteiger partial charge in [-0.2, -0.15) is 0 Å². The van der Waals surface area contributed by atoms with Crippen molar-refractivity contribution < 1.29 is 31.6 Å². The third kappa shape index (κ3) is 5.37. The summed E-state index contributed by atoms with van der Waals surface area (Å²) in [5, 5.41) is 18.6. The Hall–Kier alpha value is -1.29. The van der Waals surface area contributed by atoms with Gasteiger partial charge in [-0.3, -0.25) is 5.32 Å². The molecule has 0 saturated heterocycles. The van der Waals surface area contributed by atoms with E-state index < -0.39 is 6.23 Å². The molecule has 3 atom stereocenters. The van der Waals surface area contributed by atoms with E-state index in [0.717, 1.165) is 34.6 Å². The largest absolute Gasteiger partial charge is 2.00 e. The minimum atomic E-state index is -0.774. The van der Waals surface area contributed by atoms with Crippen molar-refractivity contribution in [1.82, 2.24) is 5.32 Å².